The van der Waals surface area contributed by atoms with Crippen molar-refractivity contribution in [1.82, 2.24) is 29.8 Å². The molecule has 1 saturated heterocycles. The summed E-state index contributed by atoms with van der Waals surface area (Å²) in [6, 6.07) is 7.36. The summed E-state index contributed by atoms with van der Waals surface area (Å²) in [7, 11) is 3.58. The number of benzene rings is 1. The second kappa shape index (κ2) is 10.3. The summed E-state index contributed by atoms with van der Waals surface area (Å²) >= 11 is 6.71. The Bertz CT molecular complexity index is 1470. The van der Waals surface area contributed by atoms with Crippen LogP contribution in [0.4, 0.5) is 5.95 Å². The van der Waals surface area contributed by atoms with Gasteiger partial charge in [-0.15, -0.1) is 0 Å². The largest absolute Gasteiger partial charge is 0.357 e. The SMILES string of the molecule is CNc1ncc2cc(-c3ccc(-c4cncc(C)n4)cc3Cl)c(=O)n(C[C@H]3OC[C@H](NC)CO3)c2n1. The van der Waals surface area contributed by atoms with Gasteiger partial charge in [0, 0.05) is 46.5 Å². The van der Waals surface area contributed by atoms with Crippen LogP contribution in [0.3, 0.4) is 0 Å². The van der Waals surface area contributed by atoms with E-state index < -0.39 is 6.29 Å². The first-order chi connectivity index (χ1) is 17.5. The van der Waals surface area contributed by atoms with Crippen LogP contribution in [0.5, 0.6) is 0 Å². The van der Waals surface area contributed by atoms with Gasteiger partial charge in [0.15, 0.2) is 6.29 Å². The Morgan fingerprint density at radius 1 is 1.08 bits per heavy atom. The molecule has 0 saturated carbocycles. The van der Waals surface area contributed by atoms with E-state index in [0.29, 0.717) is 52.0 Å². The number of likely N-dealkylation sites (N-methyl/N-ethyl adjacent to an activating group) is 1. The molecule has 4 aromatic rings. The predicted molar refractivity (Wildman–Crippen MR) is 138 cm³/mol. The molecule has 4 heterocycles. The lowest BCUT2D eigenvalue weighted by Crippen LogP contribution is -2.45. The number of anilines is 1. The first kappa shape index (κ1) is 24.3. The molecule has 5 rings (SSSR count). The maximum atomic E-state index is 13.8. The van der Waals surface area contributed by atoms with Crippen molar-refractivity contribution in [1.29, 1.82) is 0 Å². The minimum absolute atomic E-state index is 0.106. The molecular formula is C25H26ClN7O3. The summed E-state index contributed by atoms with van der Waals surface area (Å²) in [5.41, 5.74) is 3.58. The predicted octanol–water partition coefficient (Wildman–Crippen LogP) is 2.88. The van der Waals surface area contributed by atoms with Gasteiger partial charge in [-0.25, -0.2) is 9.97 Å². The highest BCUT2D eigenvalue weighted by Gasteiger charge is 2.24. The average Bonchev–Trinajstić information content (AvgIpc) is 2.90. The quantitative estimate of drug-likeness (QED) is 0.406. The number of nitrogens with one attached hydrogen (secondary N) is 2. The number of halogens is 1. The van der Waals surface area contributed by atoms with Gasteiger partial charge < -0.3 is 20.1 Å². The third kappa shape index (κ3) is 4.80. The van der Waals surface area contributed by atoms with E-state index in [0.717, 1.165) is 11.3 Å². The van der Waals surface area contributed by atoms with Gasteiger partial charge in [0.1, 0.15) is 5.65 Å². The molecule has 0 atom stereocenters. The second-order valence-corrected chi connectivity index (χ2v) is 8.93. The topological polar surface area (TPSA) is 116 Å². The molecule has 0 amide bonds. The zero-order valence-corrected chi connectivity index (χ0v) is 20.9. The zero-order chi connectivity index (χ0) is 25.2. The van der Waals surface area contributed by atoms with Gasteiger partial charge in [-0.3, -0.25) is 14.3 Å². The van der Waals surface area contributed by atoms with Crippen molar-refractivity contribution in [3.05, 3.63) is 63.9 Å². The molecular weight excluding hydrogens is 482 g/mol. The highest BCUT2D eigenvalue weighted by Crippen LogP contribution is 2.31. The Hall–Kier alpha value is -3.44. The van der Waals surface area contributed by atoms with Crippen LogP contribution in [0.2, 0.25) is 5.02 Å². The molecule has 0 unspecified atom stereocenters. The van der Waals surface area contributed by atoms with Crippen LogP contribution in [-0.2, 0) is 16.0 Å². The summed E-state index contributed by atoms with van der Waals surface area (Å²) in [5, 5.41) is 7.17. The first-order valence-corrected chi connectivity index (χ1v) is 11.9. The van der Waals surface area contributed by atoms with Crippen molar-refractivity contribution in [2.75, 3.05) is 32.6 Å². The van der Waals surface area contributed by atoms with Crippen LogP contribution < -0.4 is 16.2 Å². The maximum absolute atomic E-state index is 13.8. The molecule has 2 N–H and O–H groups in total. The van der Waals surface area contributed by atoms with Gasteiger partial charge in [-0.05, 0) is 26.1 Å². The average molecular weight is 508 g/mol. The first-order valence-electron chi connectivity index (χ1n) is 11.5. The molecule has 0 radical (unpaired) electrons. The Morgan fingerprint density at radius 2 is 1.89 bits per heavy atom. The van der Waals surface area contributed by atoms with Crippen molar-refractivity contribution < 1.29 is 9.47 Å². The second-order valence-electron chi connectivity index (χ2n) is 8.52. The minimum Gasteiger partial charge on any atom is -0.357 e. The maximum Gasteiger partial charge on any atom is 0.260 e. The molecule has 36 heavy (non-hydrogen) atoms. The monoisotopic (exact) mass is 507 g/mol. The fourth-order valence-corrected chi connectivity index (χ4v) is 4.38. The summed E-state index contributed by atoms with van der Waals surface area (Å²) in [4.78, 5) is 31.4. The van der Waals surface area contributed by atoms with Crippen LogP contribution in [0.25, 0.3) is 33.4 Å². The smallest absolute Gasteiger partial charge is 0.260 e. The lowest BCUT2D eigenvalue weighted by atomic mass is 10.0. The van der Waals surface area contributed by atoms with Crippen LogP contribution in [0, 0.1) is 6.92 Å². The summed E-state index contributed by atoms with van der Waals surface area (Å²) in [6.07, 6.45) is 4.46. The molecule has 1 aromatic carbocycles. The normalized spacial score (nSPS) is 17.9. The number of aryl methyl sites for hydroxylation is 1. The molecule has 186 valence electrons. The third-order valence-electron chi connectivity index (χ3n) is 6.07. The van der Waals surface area contributed by atoms with Crippen molar-refractivity contribution in [3.63, 3.8) is 0 Å². The minimum atomic E-state index is -0.587. The van der Waals surface area contributed by atoms with Crippen molar-refractivity contribution in [2.24, 2.45) is 0 Å². The molecule has 0 bridgehead atoms. The molecule has 1 fully saturated rings. The molecule has 0 spiro atoms. The number of ether oxygens (including phenoxy) is 2. The fraction of sp³-hybridized carbons (Fsp3) is 0.320. The Kier molecular flexibility index (Phi) is 6.92. The van der Waals surface area contributed by atoms with Gasteiger partial charge in [0.2, 0.25) is 5.95 Å². The van der Waals surface area contributed by atoms with Crippen LogP contribution in [0.1, 0.15) is 5.69 Å². The molecule has 1 aliphatic rings. The Labute approximate surface area is 212 Å². The lowest BCUT2D eigenvalue weighted by Gasteiger charge is -2.29. The van der Waals surface area contributed by atoms with Gasteiger partial charge in [-0.2, -0.15) is 4.98 Å². The molecule has 11 heteroatoms. The Morgan fingerprint density at radius 3 is 2.58 bits per heavy atom. The molecule has 0 aliphatic carbocycles. The van der Waals surface area contributed by atoms with Crippen molar-refractivity contribution >= 4 is 28.6 Å². The highest BCUT2D eigenvalue weighted by molar-refractivity contribution is 6.33. The summed E-state index contributed by atoms with van der Waals surface area (Å²) in [6.45, 7) is 3.03. The summed E-state index contributed by atoms with van der Waals surface area (Å²) in [5.74, 6) is 0.408. The van der Waals surface area contributed by atoms with E-state index in [-0.39, 0.29) is 18.1 Å². The number of fused-ring (bicyclic) bond motifs is 1. The van der Waals surface area contributed by atoms with E-state index in [9.17, 15) is 4.79 Å². The van der Waals surface area contributed by atoms with Crippen LogP contribution in [0.15, 0.2) is 47.7 Å². The molecule has 3 aromatic heterocycles. The van der Waals surface area contributed by atoms with Crippen molar-refractivity contribution in [2.45, 2.75) is 25.8 Å². The van der Waals surface area contributed by atoms with Gasteiger partial charge in [0.25, 0.3) is 5.56 Å². The van der Waals surface area contributed by atoms with Crippen LogP contribution in [-0.4, -0.2) is 64.1 Å². The number of hydrogen-bond acceptors (Lipinski definition) is 9. The summed E-state index contributed by atoms with van der Waals surface area (Å²) < 4.78 is 13.3. The van der Waals surface area contributed by atoms with E-state index in [2.05, 4.69) is 30.6 Å². The van der Waals surface area contributed by atoms with Gasteiger partial charge in [0.05, 0.1) is 43.4 Å². The van der Waals surface area contributed by atoms with Crippen molar-refractivity contribution in [3.8, 4) is 22.4 Å². The van der Waals surface area contributed by atoms with Gasteiger partial charge in [-0.1, -0.05) is 23.7 Å². The number of hydrogen-bond donors (Lipinski definition) is 2. The van der Waals surface area contributed by atoms with E-state index in [1.54, 1.807) is 42.3 Å². The lowest BCUT2D eigenvalue weighted by molar-refractivity contribution is -0.194. The van der Waals surface area contributed by atoms with Crippen LogP contribution >= 0.6 is 11.6 Å². The Balaban J connectivity index is 1.59. The fourth-order valence-electron chi connectivity index (χ4n) is 4.10. The molecule has 10 nitrogen and oxygen atoms in total. The van der Waals surface area contributed by atoms with E-state index in [1.165, 1.54) is 0 Å². The van der Waals surface area contributed by atoms with E-state index >= 15 is 0 Å². The number of pyridine rings is 1. The standard InChI is InChI=1S/C25H26ClN7O3/c1-14-8-29-10-21(31-14)15-4-5-18(20(26)7-15)19-6-16-9-30-25(28-3)32-23(16)33(24(19)34)11-22-35-12-17(27-2)13-36-22/h4-10,17,22,27H,11-13H2,1-3H3,(H,28,30,32)/t17-,22-. The zero-order valence-electron chi connectivity index (χ0n) is 20.2. The number of rotatable bonds is 6. The number of aromatic nitrogens is 5. The number of nitrogens with zero attached hydrogens (tertiary/aromatic N) is 5. The van der Waals surface area contributed by atoms with Gasteiger partial charge >= 0.3 is 0 Å². The third-order valence-corrected chi connectivity index (χ3v) is 6.38. The highest BCUT2D eigenvalue weighted by atomic mass is 35.5. The molecule has 1 aliphatic heterocycles. The van der Waals surface area contributed by atoms with E-state index in [4.69, 9.17) is 21.1 Å². The van der Waals surface area contributed by atoms with E-state index in [1.807, 2.05) is 26.1 Å².